The molecule has 1 saturated carbocycles. The molecule has 2 aliphatic carbocycles. The Labute approximate surface area is 122 Å². The Balaban J connectivity index is 1.73. The maximum Gasteiger partial charge on any atom is 0.262 e. The summed E-state index contributed by atoms with van der Waals surface area (Å²) in [4.78, 5) is 19.7. The fraction of sp³-hybridized carbons (Fsp3) is 0.625. The molecule has 0 amide bonds. The molecular weight excluding hydrogens is 268 g/mol. The Hall–Kier alpha value is -1.16. The van der Waals surface area contributed by atoms with Crippen LogP contribution in [0.1, 0.15) is 49.0 Å². The smallest absolute Gasteiger partial charge is 0.262 e. The molecule has 0 aliphatic heterocycles. The highest BCUT2D eigenvalue weighted by Gasteiger charge is 2.22. The van der Waals surface area contributed by atoms with E-state index in [0.717, 1.165) is 29.6 Å². The summed E-state index contributed by atoms with van der Waals surface area (Å²) in [6.07, 6.45) is 11.7. The first-order valence-corrected chi connectivity index (χ1v) is 8.64. The molecule has 2 heterocycles. The maximum atomic E-state index is 12.8. The Bertz CT molecular complexity index is 694. The van der Waals surface area contributed by atoms with Crippen molar-refractivity contribution in [2.24, 2.45) is 5.92 Å². The first kappa shape index (κ1) is 12.6. The summed E-state index contributed by atoms with van der Waals surface area (Å²) in [6, 6.07) is 0. The SMILES string of the molecule is O=c1c2c3c(sc2ncn1CC1CCCCC1)CCC3. The van der Waals surface area contributed by atoms with Gasteiger partial charge in [0.15, 0.2) is 0 Å². The lowest BCUT2D eigenvalue weighted by atomic mass is 9.89. The van der Waals surface area contributed by atoms with Gasteiger partial charge in [-0.15, -0.1) is 11.3 Å². The van der Waals surface area contributed by atoms with Crippen molar-refractivity contribution in [2.75, 3.05) is 0 Å². The minimum absolute atomic E-state index is 0.208. The van der Waals surface area contributed by atoms with E-state index in [9.17, 15) is 4.79 Å². The van der Waals surface area contributed by atoms with Crippen molar-refractivity contribution in [1.29, 1.82) is 0 Å². The number of aryl methyl sites for hydroxylation is 2. The summed E-state index contributed by atoms with van der Waals surface area (Å²) >= 11 is 1.73. The fourth-order valence-electron chi connectivity index (χ4n) is 3.80. The second-order valence-corrected chi connectivity index (χ2v) is 7.33. The van der Waals surface area contributed by atoms with Crippen LogP contribution < -0.4 is 5.56 Å². The van der Waals surface area contributed by atoms with E-state index in [2.05, 4.69) is 4.98 Å². The fourth-order valence-corrected chi connectivity index (χ4v) is 5.02. The molecule has 0 spiro atoms. The van der Waals surface area contributed by atoms with Gasteiger partial charge in [0.05, 0.1) is 11.7 Å². The van der Waals surface area contributed by atoms with Gasteiger partial charge in [-0.05, 0) is 43.6 Å². The van der Waals surface area contributed by atoms with Crippen LogP contribution in [0, 0.1) is 5.92 Å². The van der Waals surface area contributed by atoms with Crippen LogP contribution >= 0.6 is 11.3 Å². The van der Waals surface area contributed by atoms with Gasteiger partial charge in [-0.3, -0.25) is 9.36 Å². The molecule has 3 nitrogen and oxygen atoms in total. The zero-order valence-electron chi connectivity index (χ0n) is 11.7. The van der Waals surface area contributed by atoms with Crippen molar-refractivity contribution in [3.8, 4) is 0 Å². The number of hydrogen-bond acceptors (Lipinski definition) is 3. The van der Waals surface area contributed by atoms with Crippen LogP contribution in [0.3, 0.4) is 0 Å². The summed E-state index contributed by atoms with van der Waals surface area (Å²) in [6.45, 7) is 0.867. The van der Waals surface area contributed by atoms with Gasteiger partial charge in [-0.1, -0.05) is 19.3 Å². The van der Waals surface area contributed by atoms with E-state index in [4.69, 9.17) is 0 Å². The van der Waals surface area contributed by atoms with Gasteiger partial charge in [0, 0.05) is 11.4 Å². The molecule has 0 atom stereocenters. The minimum Gasteiger partial charge on any atom is -0.298 e. The van der Waals surface area contributed by atoms with E-state index in [1.54, 1.807) is 17.7 Å². The van der Waals surface area contributed by atoms with Gasteiger partial charge in [0.2, 0.25) is 0 Å². The monoisotopic (exact) mass is 288 g/mol. The van der Waals surface area contributed by atoms with Crippen molar-refractivity contribution in [1.82, 2.24) is 9.55 Å². The number of nitrogens with zero attached hydrogens (tertiary/aromatic N) is 2. The summed E-state index contributed by atoms with van der Waals surface area (Å²) in [5.74, 6) is 0.674. The highest BCUT2D eigenvalue weighted by Crippen LogP contribution is 2.34. The van der Waals surface area contributed by atoms with Gasteiger partial charge < -0.3 is 0 Å². The zero-order valence-corrected chi connectivity index (χ0v) is 12.5. The van der Waals surface area contributed by atoms with Gasteiger partial charge >= 0.3 is 0 Å². The van der Waals surface area contributed by atoms with Crippen molar-refractivity contribution in [3.63, 3.8) is 0 Å². The van der Waals surface area contributed by atoms with Gasteiger partial charge in [0.25, 0.3) is 5.56 Å². The zero-order chi connectivity index (χ0) is 13.5. The summed E-state index contributed by atoms with van der Waals surface area (Å²) in [7, 11) is 0. The van der Waals surface area contributed by atoms with Crippen LogP contribution in [0.2, 0.25) is 0 Å². The molecule has 106 valence electrons. The highest BCUT2D eigenvalue weighted by atomic mass is 32.1. The van der Waals surface area contributed by atoms with E-state index in [1.807, 2.05) is 4.57 Å². The Morgan fingerprint density at radius 3 is 2.90 bits per heavy atom. The largest absolute Gasteiger partial charge is 0.298 e. The molecule has 4 heteroatoms. The van der Waals surface area contributed by atoms with Crippen molar-refractivity contribution in [3.05, 3.63) is 27.1 Å². The predicted octanol–water partition coefficient (Wildman–Crippen LogP) is 3.53. The number of thiophene rings is 1. The highest BCUT2D eigenvalue weighted by molar-refractivity contribution is 7.18. The molecule has 2 aromatic rings. The van der Waals surface area contributed by atoms with Crippen LogP contribution in [-0.4, -0.2) is 9.55 Å². The predicted molar refractivity (Wildman–Crippen MR) is 82.5 cm³/mol. The third-order valence-electron chi connectivity index (χ3n) is 4.87. The molecule has 0 N–H and O–H groups in total. The third kappa shape index (κ3) is 2.01. The Morgan fingerprint density at radius 1 is 1.20 bits per heavy atom. The van der Waals surface area contributed by atoms with E-state index in [-0.39, 0.29) is 5.56 Å². The van der Waals surface area contributed by atoms with E-state index in [0.29, 0.717) is 5.92 Å². The minimum atomic E-state index is 0.208. The molecule has 0 unspecified atom stereocenters. The number of aromatic nitrogens is 2. The maximum absolute atomic E-state index is 12.8. The third-order valence-corrected chi connectivity index (χ3v) is 6.07. The molecule has 0 aromatic carbocycles. The molecule has 1 fully saturated rings. The van der Waals surface area contributed by atoms with Crippen molar-refractivity contribution >= 4 is 21.6 Å². The summed E-state index contributed by atoms with van der Waals surface area (Å²) < 4.78 is 1.88. The molecule has 0 bridgehead atoms. The lowest BCUT2D eigenvalue weighted by molar-refractivity contribution is 0.315. The quantitative estimate of drug-likeness (QED) is 0.847. The van der Waals surface area contributed by atoms with E-state index >= 15 is 0 Å². The average molecular weight is 288 g/mol. The number of fused-ring (bicyclic) bond motifs is 3. The van der Waals surface area contributed by atoms with Crippen LogP contribution in [0.4, 0.5) is 0 Å². The normalized spacial score (nSPS) is 19.6. The first-order valence-electron chi connectivity index (χ1n) is 7.82. The second kappa shape index (κ2) is 4.99. The number of hydrogen-bond donors (Lipinski definition) is 0. The molecule has 0 radical (unpaired) electrons. The average Bonchev–Trinajstić information content (AvgIpc) is 3.03. The molecule has 4 rings (SSSR count). The molecule has 2 aliphatic rings. The molecular formula is C16H20N2OS. The van der Waals surface area contributed by atoms with E-state index in [1.165, 1.54) is 49.0 Å². The number of rotatable bonds is 2. The Kier molecular flexibility index (Phi) is 3.14. The molecule has 20 heavy (non-hydrogen) atoms. The van der Waals surface area contributed by atoms with Gasteiger partial charge in [-0.25, -0.2) is 4.98 Å². The molecule has 2 aromatic heterocycles. The van der Waals surface area contributed by atoms with Crippen LogP contribution in [0.5, 0.6) is 0 Å². The van der Waals surface area contributed by atoms with Gasteiger partial charge in [0.1, 0.15) is 4.83 Å². The second-order valence-electron chi connectivity index (χ2n) is 6.24. The Morgan fingerprint density at radius 2 is 2.05 bits per heavy atom. The van der Waals surface area contributed by atoms with Crippen LogP contribution in [0.25, 0.3) is 10.2 Å². The first-order chi connectivity index (χ1) is 9.83. The summed E-state index contributed by atoms with van der Waals surface area (Å²) in [5.41, 5.74) is 1.51. The lowest BCUT2D eigenvalue weighted by Crippen LogP contribution is -2.25. The van der Waals surface area contributed by atoms with Gasteiger partial charge in [-0.2, -0.15) is 0 Å². The van der Waals surface area contributed by atoms with E-state index < -0.39 is 0 Å². The topological polar surface area (TPSA) is 34.9 Å². The molecule has 0 saturated heterocycles. The van der Waals surface area contributed by atoms with Crippen LogP contribution in [-0.2, 0) is 19.4 Å². The lowest BCUT2D eigenvalue weighted by Gasteiger charge is -2.22. The standard InChI is InChI=1S/C16H20N2OS/c19-16-14-12-7-4-8-13(12)20-15(14)17-10-18(16)9-11-5-2-1-3-6-11/h10-11H,1-9H2. The van der Waals surface area contributed by atoms with Crippen molar-refractivity contribution < 1.29 is 0 Å². The van der Waals surface area contributed by atoms with Crippen LogP contribution in [0.15, 0.2) is 11.1 Å². The summed E-state index contributed by atoms with van der Waals surface area (Å²) in [5, 5.41) is 0.931. The van der Waals surface area contributed by atoms with Crippen molar-refractivity contribution in [2.45, 2.75) is 57.9 Å².